The molecule has 2 heteroatoms. The van der Waals surface area contributed by atoms with E-state index >= 15 is 0 Å². The zero-order valence-electron chi connectivity index (χ0n) is 7.66. The number of thiophene rings is 1. The van der Waals surface area contributed by atoms with Crippen molar-refractivity contribution in [2.24, 2.45) is 5.92 Å². The molecule has 1 heterocycles. The lowest BCUT2D eigenvalue weighted by molar-refractivity contribution is 0.115. The summed E-state index contributed by atoms with van der Waals surface area (Å²) in [5.74, 6) is 0.407. The summed E-state index contributed by atoms with van der Waals surface area (Å²) in [5, 5.41) is 13.9. The Bertz CT molecular complexity index is 206. The average Bonchev–Trinajstić information content (AvgIpc) is 2.55. The smallest absolute Gasteiger partial charge is 0.0606 e. The molecule has 2 unspecified atom stereocenters. The van der Waals surface area contributed by atoms with E-state index in [1.807, 2.05) is 0 Å². The van der Waals surface area contributed by atoms with Gasteiger partial charge in [-0.1, -0.05) is 20.3 Å². The van der Waals surface area contributed by atoms with Gasteiger partial charge in [-0.3, -0.25) is 0 Å². The van der Waals surface area contributed by atoms with Crippen LogP contribution in [0.3, 0.4) is 0 Å². The van der Waals surface area contributed by atoms with Gasteiger partial charge in [0.05, 0.1) is 6.10 Å². The van der Waals surface area contributed by atoms with Gasteiger partial charge in [0, 0.05) is 0 Å². The summed E-state index contributed by atoms with van der Waals surface area (Å²) < 4.78 is 0. The van der Waals surface area contributed by atoms with Gasteiger partial charge in [0.25, 0.3) is 0 Å². The fourth-order valence-electron chi connectivity index (χ4n) is 1.12. The van der Waals surface area contributed by atoms with Gasteiger partial charge < -0.3 is 5.11 Å². The first kappa shape index (κ1) is 9.75. The van der Waals surface area contributed by atoms with Crippen molar-refractivity contribution in [3.63, 3.8) is 0 Å². The largest absolute Gasteiger partial charge is 0.393 e. The lowest BCUT2D eigenvalue weighted by Crippen LogP contribution is -2.19. The minimum Gasteiger partial charge on any atom is -0.393 e. The van der Waals surface area contributed by atoms with Crippen molar-refractivity contribution in [1.29, 1.82) is 0 Å². The van der Waals surface area contributed by atoms with E-state index in [1.54, 1.807) is 11.3 Å². The molecule has 0 aliphatic carbocycles. The van der Waals surface area contributed by atoms with Crippen molar-refractivity contribution in [3.8, 4) is 0 Å². The third kappa shape index (κ3) is 2.61. The van der Waals surface area contributed by atoms with E-state index in [9.17, 15) is 5.11 Å². The molecule has 0 saturated heterocycles. The summed E-state index contributed by atoms with van der Waals surface area (Å²) in [6.45, 7) is 4.21. The molecule has 1 rings (SSSR count). The molecule has 0 amide bonds. The van der Waals surface area contributed by atoms with Crippen molar-refractivity contribution >= 4 is 11.3 Å². The molecule has 0 aromatic carbocycles. The highest BCUT2D eigenvalue weighted by atomic mass is 32.1. The van der Waals surface area contributed by atoms with Gasteiger partial charge in [0.1, 0.15) is 0 Å². The second-order valence-corrected chi connectivity index (χ2v) is 4.07. The predicted molar refractivity (Wildman–Crippen MR) is 53.5 cm³/mol. The topological polar surface area (TPSA) is 20.2 Å². The molecule has 0 fully saturated rings. The third-order valence-corrected chi connectivity index (χ3v) is 3.06. The molecule has 2 atom stereocenters. The average molecular weight is 184 g/mol. The van der Waals surface area contributed by atoms with Crippen LogP contribution in [0.1, 0.15) is 25.8 Å². The van der Waals surface area contributed by atoms with Gasteiger partial charge >= 0.3 is 0 Å². The molecule has 0 aliphatic heterocycles. The normalized spacial score (nSPS) is 15.9. The van der Waals surface area contributed by atoms with E-state index in [2.05, 4.69) is 30.7 Å². The Morgan fingerprint density at radius 2 is 2.33 bits per heavy atom. The van der Waals surface area contributed by atoms with Crippen LogP contribution in [0.4, 0.5) is 0 Å². The zero-order valence-corrected chi connectivity index (χ0v) is 8.47. The van der Waals surface area contributed by atoms with Gasteiger partial charge in [-0.25, -0.2) is 0 Å². The van der Waals surface area contributed by atoms with E-state index in [-0.39, 0.29) is 6.10 Å². The Morgan fingerprint density at radius 1 is 1.58 bits per heavy atom. The molecule has 0 saturated carbocycles. The Kier molecular flexibility index (Phi) is 3.76. The molecule has 0 spiro atoms. The Morgan fingerprint density at radius 3 is 2.83 bits per heavy atom. The third-order valence-electron chi connectivity index (χ3n) is 2.33. The molecule has 0 bridgehead atoms. The molecule has 0 aliphatic rings. The Labute approximate surface area is 78.1 Å². The monoisotopic (exact) mass is 184 g/mol. The maximum Gasteiger partial charge on any atom is 0.0606 e. The van der Waals surface area contributed by atoms with Gasteiger partial charge in [0.15, 0.2) is 0 Å². The minimum atomic E-state index is -0.176. The lowest BCUT2D eigenvalue weighted by atomic mass is 9.97. The highest BCUT2D eigenvalue weighted by Gasteiger charge is 2.12. The molecule has 1 nitrogen and oxygen atoms in total. The van der Waals surface area contributed by atoms with E-state index in [0.29, 0.717) is 5.92 Å². The zero-order chi connectivity index (χ0) is 8.97. The summed E-state index contributed by atoms with van der Waals surface area (Å²) in [6, 6.07) is 2.08. The van der Waals surface area contributed by atoms with Crippen molar-refractivity contribution in [2.75, 3.05) is 0 Å². The molecule has 1 aromatic rings. The van der Waals surface area contributed by atoms with Gasteiger partial charge in [0.2, 0.25) is 0 Å². The summed E-state index contributed by atoms with van der Waals surface area (Å²) >= 11 is 1.69. The number of hydrogen-bond acceptors (Lipinski definition) is 2. The molecular weight excluding hydrogens is 168 g/mol. The van der Waals surface area contributed by atoms with Crippen LogP contribution in [0.15, 0.2) is 16.8 Å². The lowest BCUT2D eigenvalue weighted by Gasteiger charge is -2.15. The highest BCUT2D eigenvalue weighted by molar-refractivity contribution is 7.07. The number of rotatable bonds is 4. The van der Waals surface area contributed by atoms with Crippen LogP contribution in [-0.4, -0.2) is 11.2 Å². The molecule has 12 heavy (non-hydrogen) atoms. The first-order valence-electron chi connectivity index (χ1n) is 4.43. The van der Waals surface area contributed by atoms with Crippen molar-refractivity contribution < 1.29 is 5.11 Å². The van der Waals surface area contributed by atoms with Crippen LogP contribution in [0.25, 0.3) is 0 Å². The number of aliphatic hydroxyl groups is 1. The summed E-state index contributed by atoms with van der Waals surface area (Å²) in [6.07, 6.45) is 1.67. The van der Waals surface area contributed by atoms with Crippen LogP contribution in [-0.2, 0) is 6.42 Å². The minimum absolute atomic E-state index is 0.176. The van der Waals surface area contributed by atoms with E-state index in [0.717, 1.165) is 12.8 Å². The van der Waals surface area contributed by atoms with Crippen molar-refractivity contribution in [3.05, 3.63) is 22.4 Å². The van der Waals surface area contributed by atoms with Crippen LogP contribution in [0, 0.1) is 5.92 Å². The summed E-state index contributed by atoms with van der Waals surface area (Å²) in [7, 11) is 0. The van der Waals surface area contributed by atoms with Gasteiger partial charge in [-0.15, -0.1) is 0 Å². The quantitative estimate of drug-likeness (QED) is 0.762. The Balaban J connectivity index is 2.41. The fraction of sp³-hybridized carbons (Fsp3) is 0.600. The summed E-state index contributed by atoms with van der Waals surface area (Å²) in [5.41, 5.74) is 1.26. The first-order valence-corrected chi connectivity index (χ1v) is 5.37. The molecule has 68 valence electrons. The maximum absolute atomic E-state index is 9.69. The SMILES string of the molecule is CCC(C)C(O)Cc1ccsc1. The van der Waals surface area contributed by atoms with Crippen LogP contribution < -0.4 is 0 Å². The van der Waals surface area contributed by atoms with Crippen LogP contribution >= 0.6 is 11.3 Å². The Hall–Kier alpha value is -0.340. The second kappa shape index (κ2) is 4.63. The number of hydrogen-bond donors (Lipinski definition) is 1. The van der Waals surface area contributed by atoms with Crippen LogP contribution in [0.2, 0.25) is 0 Å². The van der Waals surface area contributed by atoms with Crippen molar-refractivity contribution in [2.45, 2.75) is 32.8 Å². The standard InChI is InChI=1S/C10H16OS/c1-3-8(2)10(11)6-9-4-5-12-7-9/h4-5,7-8,10-11H,3,6H2,1-2H3. The van der Waals surface area contributed by atoms with Gasteiger partial charge in [-0.2, -0.15) is 11.3 Å². The molecule has 1 aromatic heterocycles. The van der Waals surface area contributed by atoms with Gasteiger partial charge in [-0.05, 0) is 34.7 Å². The maximum atomic E-state index is 9.69. The highest BCUT2D eigenvalue weighted by Crippen LogP contribution is 2.15. The first-order chi connectivity index (χ1) is 5.74. The molecule has 0 radical (unpaired) electrons. The number of aliphatic hydroxyl groups excluding tert-OH is 1. The molecule has 1 N–H and O–H groups in total. The predicted octanol–water partition coefficient (Wildman–Crippen LogP) is 2.70. The van der Waals surface area contributed by atoms with E-state index in [4.69, 9.17) is 0 Å². The van der Waals surface area contributed by atoms with E-state index < -0.39 is 0 Å². The fourth-order valence-corrected chi connectivity index (χ4v) is 1.81. The summed E-state index contributed by atoms with van der Waals surface area (Å²) in [4.78, 5) is 0. The van der Waals surface area contributed by atoms with Crippen LogP contribution in [0.5, 0.6) is 0 Å². The molecular formula is C10H16OS. The second-order valence-electron chi connectivity index (χ2n) is 3.29. The van der Waals surface area contributed by atoms with Crippen molar-refractivity contribution in [1.82, 2.24) is 0 Å². The van der Waals surface area contributed by atoms with E-state index in [1.165, 1.54) is 5.56 Å².